The van der Waals surface area contributed by atoms with E-state index in [-0.39, 0.29) is 0 Å². The van der Waals surface area contributed by atoms with Crippen molar-refractivity contribution in [2.24, 2.45) is 10.9 Å². The number of likely N-dealkylation sites (tertiary alicyclic amines) is 1. The fraction of sp³-hybridized carbons (Fsp3) is 0.632. The van der Waals surface area contributed by atoms with E-state index in [0.717, 1.165) is 43.4 Å². The smallest absolute Gasteiger partial charge is 0.193 e. The van der Waals surface area contributed by atoms with Gasteiger partial charge in [-0.2, -0.15) is 0 Å². The van der Waals surface area contributed by atoms with E-state index in [9.17, 15) is 0 Å². The van der Waals surface area contributed by atoms with Crippen LogP contribution in [0.4, 0.5) is 0 Å². The van der Waals surface area contributed by atoms with Crippen LogP contribution in [0.1, 0.15) is 18.9 Å². The maximum Gasteiger partial charge on any atom is 0.193 e. The first-order valence-corrected chi connectivity index (χ1v) is 9.01. The van der Waals surface area contributed by atoms with E-state index in [2.05, 4.69) is 21.3 Å². The van der Waals surface area contributed by atoms with Gasteiger partial charge in [0.05, 0.1) is 26.4 Å². The second-order valence-corrected chi connectivity index (χ2v) is 6.11. The molecule has 25 heavy (non-hydrogen) atoms. The van der Waals surface area contributed by atoms with Gasteiger partial charge in [0.2, 0.25) is 0 Å². The predicted octanol–water partition coefficient (Wildman–Crippen LogP) is 2.15. The molecule has 6 heteroatoms. The van der Waals surface area contributed by atoms with Crippen molar-refractivity contribution in [2.75, 3.05) is 53.7 Å². The van der Waals surface area contributed by atoms with Crippen molar-refractivity contribution in [1.82, 2.24) is 10.2 Å². The van der Waals surface area contributed by atoms with Crippen molar-refractivity contribution >= 4 is 5.96 Å². The number of benzene rings is 1. The van der Waals surface area contributed by atoms with Crippen molar-refractivity contribution in [3.05, 3.63) is 29.8 Å². The minimum Gasteiger partial charge on any atom is -0.494 e. The lowest BCUT2D eigenvalue weighted by atomic mass is 10.1. The van der Waals surface area contributed by atoms with E-state index < -0.39 is 0 Å². The Labute approximate surface area is 151 Å². The van der Waals surface area contributed by atoms with E-state index >= 15 is 0 Å². The maximum atomic E-state index is 5.69. The lowest BCUT2D eigenvalue weighted by Crippen LogP contribution is -2.40. The largest absolute Gasteiger partial charge is 0.494 e. The Hall–Kier alpha value is -1.79. The van der Waals surface area contributed by atoms with E-state index in [1.807, 2.05) is 32.2 Å². The summed E-state index contributed by atoms with van der Waals surface area (Å²) in [5, 5.41) is 3.46. The van der Waals surface area contributed by atoms with E-state index in [4.69, 9.17) is 14.2 Å². The normalized spacial score (nSPS) is 17.8. The molecular weight excluding hydrogens is 318 g/mol. The standard InChI is InChI=1S/C19H31N3O3/c1-4-25-18-8-6-5-7-17(18)13-21-19(20-2)22-10-9-16(14-22)15-24-12-11-23-3/h5-8,16H,4,9-15H2,1-3H3,(H,20,21). The third kappa shape index (κ3) is 6.21. The van der Waals surface area contributed by atoms with Gasteiger partial charge in [-0.25, -0.2) is 0 Å². The van der Waals surface area contributed by atoms with Gasteiger partial charge in [-0.15, -0.1) is 0 Å². The second-order valence-electron chi connectivity index (χ2n) is 6.11. The molecule has 1 aliphatic heterocycles. The number of rotatable bonds is 9. The van der Waals surface area contributed by atoms with Crippen LogP contribution in [0.5, 0.6) is 5.75 Å². The number of nitrogens with zero attached hydrogens (tertiary/aromatic N) is 2. The number of ether oxygens (including phenoxy) is 3. The molecule has 0 aromatic heterocycles. The Kier molecular flexibility index (Phi) is 8.55. The molecule has 1 heterocycles. The summed E-state index contributed by atoms with van der Waals surface area (Å²) in [5.41, 5.74) is 1.14. The van der Waals surface area contributed by atoms with Crippen molar-refractivity contribution in [3.63, 3.8) is 0 Å². The van der Waals surface area contributed by atoms with Gasteiger partial charge in [-0.3, -0.25) is 4.99 Å². The van der Waals surface area contributed by atoms with Crippen molar-refractivity contribution in [3.8, 4) is 5.75 Å². The SMILES string of the molecule is CCOc1ccccc1CNC(=NC)N1CCC(COCCOC)C1. The Morgan fingerprint density at radius 1 is 1.32 bits per heavy atom. The van der Waals surface area contributed by atoms with Gasteiger partial charge in [0, 0.05) is 45.3 Å². The first kappa shape index (κ1) is 19.5. The summed E-state index contributed by atoms with van der Waals surface area (Å²) in [5.74, 6) is 2.41. The third-order valence-corrected chi connectivity index (χ3v) is 4.29. The Morgan fingerprint density at radius 3 is 2.92 bits per heavy atom. The highest BCUT2D eigenvalue weighted by Gasteiger charge is 2.25. The van der Waals surface area contributed by atoms with Gasteiger partial charge in [-0.1, -0.05) is 18.2 Å². The van der Waals surface area contributed by atoms with E-state index in [0.29, 0.717) is 32.3 Å². The van der Waals surface area contributed by atoms with Crippen LogP contribution in [0, 0.1) is 5.92 Å². The highest BCUT2D eigenvalue weighted by molar-refractivity contribution is 5.80. The monoisotopic (exact) mass is 349 g/mol. The van der Waals surface area contributed by atoms with Crippen LogP contribution < -0.4 is 10.1 Å². The summed E-state index contributed by atoms with van der Waals surface area (Å²) in [7, 11) is 3.53. The van der Waals surface area contributed by atoms with Gasteiger partial charge in [0.15, 0.2) is 5.96 Å². The molecular formula is C19H31N3O3. The van der Waals surface area contributed by atoms with Gasteiger partial charge in [0.1, 0.15) is 5.75 Å². The zero-order chi connectivity index (χ0) is 17.9. The third-order valence-electron chi connectivity index (χ3n) is 4.29. The summed E-state index contributed by atoms with van der Waals surface area (Å²) in [6.07, 6.45) is 1.13. The molecule has 1 fully saturated rings. The van der Waals surface area contributed by atoms with Crippen LogP contribution in [0.3, 0.4) is 0 Å². The average molecular weight is 349 g/mol. The Morgan fingerprint density at radius 2 is 2.16 bits per heavy atom. The van der Waals surface area contributed by atoms with Gasteiger partial charge in [-0.05, 0) is 19.4 Å². The second kappa shape index (κ2) is 10.9. The van der Waals surface area contributed by atoms with Crippen LogP contribution in [0.25, 0.3) is 0 Å². The van der Waals surface area contributed by atoms with Gasteiger partial charge in [0.25, 0.3) is 0 Å². The van der Waals surface area contributed by atoms with Crippen molar-refractivity contribution < 1.29 is 14.2 Å². The minimum atomic E-state index is 0.547. The molecule has 1 atom stereocenters. The Balaban J connectivity index is 1.81. The minimum absolute atomic E-state index is 0.547. The molecule has 6 nitrogen and oxygen atoms in total. The molecule has 0 spiro atoms. The molecule has 0 saturated carbocycles. The number of aliphatic imine (C=N–C) groups is 1. The molecule has 1 aliphatic rings. The number of nitrogens with one attached hydrogen (secondary N) is 1. The quantitative estimate of drug-likeness (QED) is 0.421. The molecule has 2 rings (SSSR count). The number of para-hydroxylation sites is 1. The molecule has 0 bridgehead atoms. The molecule has 0 radical (unpaired) electrons. The number of hydrogen-bond donors (Lipinski definition) is 1. The van der Waals surface area contributed by atoms with Crippen LogP contribution in [-0.2, 0) is 16.0 Å². The summed E-state index contributed by atoms with van der Waals surface area (Å²) in [4.78, 5) is 6.73. The number of guanidine groups is 1. The Bertz CT molecular complexity index is 536. The maximum absolute atomic E-state index is 5.69. The number of hydrogen-bond acceptors (Lipinski definition) is 4. The molecule has 1 N–H and O–H groups in total. The lowest BCUT2D eigenvalue weighted by Gasteiger charge is -2.22. The van der Waals surface area contributed by atoms with Gasteiger partial charge < -0.3 is 24.4 Å². The average Bonchev–Trinajstić information content (AvgIpc) is 3.10. The van der Waals surface area contributed by atoms with Crippen molar-refractivity contribution in [1.29, 1.82) is 0 Å². The summed E-state index contributed by atoms with van der Waals surface area (Å²) < 4.78 is 16.4. The first-order valence-electron chi connectivity index (χ1n) is 9.01. The summed E-state index contributed by atoms with van der Waals surface area (Å²) in [6.45, 7) is 7.45. The van der Waals surface area contributed by atoms with E-state index in [1.165, 1.54) is 0 Å². The molecule has 0 amide bonds. The molecule has 1 unspecified atom stereocenters. The van der Waals surface area contributed by atoms with Crippen molar-refractivity contribution in [2.45, 2.75) is 19.9 Å². The highest BCUT2D eigenvalue weighted by atomic mass is 16.5. The van der Waals surface area contributed by atoms with Gasteiger partial charge >= 0.3 is 0 Å². The molecule has 1 aromatic rings. The highest BCUT2D eigenvalue weighted by Crippen LogP contribution is 2.19. The van der Waals surface area contributed by atoms with E-state index in [1.54, 1.807) is 7.11 Å². The molecule has 1 aromatic carbocycles. The first-order chi connectivity index (χ1) is 12.3. The molecule has 1 saturated heterocycles. The fourth-order valence-electron chi connectivity index (χ4n) is 3.01. The topological polar surface area (TPSA) is 55.3 Å². The van der Waals surface area contributed by atoms with Crippen LogP contribution in [0.2, 0.25) is 0 Å². The number of methoxy groups -OCH3 is 1. The summed E-state index contributed by atoms with van der Waals surface area (Å²) >= 11 is 0. The van der Waals surface area contributed by atoms with Crippen LogP contribution in [-0.4, -0.2) is 64.5 Å². The fourth-order valence-corrected chi connectivity index (χ4v) is 3.01. The predicted molar refractivity (Wildman–Crippen MR) is 100 cm³/mol. The molecule has 0 aliphatic carbocycles. The van der Waals surface area contributed by atoms with Crippen LogP contribution >= 0.6 is 0 Å². The molecule has 140 valence electrons. The van der Waals surface area contributed by atoms with Crippen LogP contribution in [0.15, 0.2) is 29.3 Å². The lowest BCUT2D eigenvalue weighted by molar-refractivity contribution is 0.0536. The summed E-state index contributed by atoms with van der Waals surface area (Å²) in [6, 6.07) is 8.12. The zero-order valence-corrected chi connectivity index (χ0v) is 15.7. The zero-order valence-electron chi connectivity index (χ0n) is 15.7.